The van der Waals surface area contributed by atoms with Gasteiger partial charge < -0.3 is 10.1 Å². The topological polar surface area (TPSA) is 97.7 Å². The third-order valence-corrected chi connectivity index (χ3v) is 4.75. The molecule has 0 aliphatic heterocycles. The van der Waals surface area contributed by atoms with E-state index in [0.717, 1.165) is 30.7 Å². The van der Waals surface area contributed by atoms with E-state index in [1.54, 1.807) is 37.8 Å². The Morgan fingerprint density at radius 1 is 1.17 bits per heavy atom. The van der Waals surface area contributed by atoms with Gasteiger partial charge in [0.05, 0.1) is 12.7 Å². The maximum atomic E-state index is 12.8. The molecule has 0 bridgehead atoms. The molecule has 152 valence electrons. The van der Waals surface area contributed by atoms with Crippen molar-refractivity contribution in [2.75, 3.05) is 19.0 Å². The SMILES string of the molecule is COc1ccccc1CCCNc1cc(-n2[nH]cc(-c3cccnc3)c2=O)ncn1. The molecule has 0 spiro atoms. The van der Waals surface area contributed by atoms with Gasteiger partial charge in [0.1, 0.15) is 17.9 Å². The summed E-state index contributed by atoms with van der Waals surface area (Å²) in [5.41, 5.74) is 2.27. The van der Waals surface area contributed by atoms with Gasteiger partial charge in [-0.3, -0.25) is 14.9 Å². The first kappa shape index (κ1) is 19.4. The summed E-state index contributed by atoms with van der Waals surface area (Å²) < 4.78 is 6.78. The van der Waals surface area contributed by atoms with Crippen LogP contribution in [0.15, 0.2) is 72.2 Å². The van der Waals surface area contributed by atoms with E-state index < -0.39 is 0 Å². The minimum Gasteiger partial charge on any atom is -0.496 e. The second-order valence-corrected chi connectivity index (χ2v) is 6.67. The zero-order valence-electron chi connectivity index (χ0n) is 16.6. The summed E-state index contributed by atoms with van der Waals surface area (Å²) in [7, 11) is 1.68. The van der Waals surface area contributed by atoms with Crippen LogP contribution in [0.3, 0.4) is 0 Å². The van der Waals surface area contributed by atoms with Crippen molar-refractivity contribution in [2.24, 2.45) is 0 Å². The van der Waals surface area contributed by atoms with E-state index in [9.17, 15) is 4.79 Å². The molecule has 8 heteroatoms. The average molecular weight is 402 g/mol. The molecule has 0 saturated carbocycles. The molecule has 0 amide bonds. The molecular formula is C22H22N6O2. The number of hydrogen-bond acceptors (Lipinski definition) is 6. The highest BCUT2D eigenvalue weighted by atomic mass is 16.5. The number of methoxy groups -OCH3 is 1. The molecule has 8 nitrogen and oxygen atoms in total. The van der Waals surface area contributed by atoms with Crippen LogP contribution in [0.1, 0.15) is 12.0 Å². The number of benzene rings is 1. The van der Waals surface area contributed by atoms with Crippen molar-refractivity contribution in [1.82, 2.24) is 24.7 Å². The van der Waals surface area contributed by atoms with Crippen LogP contribution < -0.4 is 15.6 Å². The second-order valence-electron chi connectivity index (χ2n) is 6.67. The van der Waals surface area contributed by atoms with Crippen molar-refractivity contribution in [3.63, 3.8) is 0 Å². The predicted molar refractivity (Wildman–Crippen MR) is 115 cm³/mol. The maximum absolute atomic E-state index is 12.8. The Kier molecular flexibility index (Phi) is 5.84. The first-order valence-corrected chi connectivity index (χ1v) is 9.65. The van der Waals surface area contributed by atoms with Crippen molar-refractivity contribution in [3.8, 4) is 22.7 Å². The molecule has 0 fully saturated rings. The Labute approximate surface area is 173 Å². The third-order valence-electron chi connectivity index (χ3n) is 4.75. The van der Waals surface area contributed by atoms with Gasteiger partial charge >= 0.3 is 0 Å². The van der Waals surface area contributed by atoms with Crippen LogP contribution in [0.2, 0.25) is 0 Å². The first-order valence-electron chi connectivity index (χ1n) is 9.65. The van der Waals surface area contributed by atoms with E-state index in [-0.39, 0.29) is 5.56 Å². The molecule has 0 aliphatic carbocycles. The third kappa shape index (κ3) is 4.22. The number of H-pyrrole nitrogens is 1. The summed E-state index contributed by atoms with van der Waals surface area (Å²) in [5.74, 6) is 2.03. The molecule has 1 aromatic carbocycles. The Hall–Kier alpha value is -3.94. The van der Waals surface area contributed by atoms with E-state index in [4.69, 9.17) is 4.74 Å². The lowest BCUT2D eigenvalue weighted by Gasteiger charge is -2.09. The molecule has 0 atom stereocenters. The minimum absolute atomic E-state index is 0.191. The fourth-order valence-corrected chi connectivity index (χ4v) is 3.24. The van der Waals surface area contributed by atoms with E-state index in [0.29, 0.717) is 17.2 Å². The van der Waals surface area contributed by atoms with Crippen LogP contribution in [0, 0.1) is 0 Å². The molecule has 30 heavy (non-hydrogen) atoms. The number of pyridine rings is 1. The maximum Gasteiger partial charge on any atom is 0.280 e. The quantitative estimate of drug-likeness (QED) is 0.440. The second kappa shape index (κ2) is 9.04. The van der Waals surface area contributed by atoms with E-state index in [2.05, 4.69) is 31.4 Å². The van der Waals surface area contributed by atoms with Crippen LogP contribution in [-0.2, 0) is 6.42 Å². The van der Waals surface area contributed by atoms with Gasteiger partial charge in [-0.05, 0) is 30.5 Å². The van der Waals surface area contributed by atoms with Crippen LogP contribution >= 0.6 is 0 Å². The molecule has 3 aromatic heterocycles. The lowest BCUT2D eigenvalue weighted by Crippen LogP contribution is -2.17. The first-order chi connectivity index (χ1) is 14.8. The van der Waals surface area contributed by atoms with E-state index in [1.807, 2.05) is 24.3 Å². The lowest BCUT2D eigenvalue weighted by atomic mass is 10.1. The fraction of sp³-hybridized carbons (Fsp3) is 0.182. The number of anilines is 1. The molecule has 0 saturated heterocycles. The number of aromatic nitrogens is 5. The Balaban J connectivity index is 1.42. The summed E-state index contributed by atoms with van der Waals surface area (Å²) in [5, 5.41) is 6.25. The summed E-state index contributed by atoms with van der Waals surface area (Å²) in [4.78, 5) is 25.3. The lowest BCUT2D eigenvalue weighted by molar-refractivity contribution is 0.409. The highest BCUT2D eigenvalue weighted by molar-refractivity contribution is 5.60. The summed E-state index contributed by atoms with van der Waals surface area (Å²) >= 11 is 0. The van der Waals surface area contributed by atoms with Gasteiger partial charge in [-0.25, -0.2) is 14.6 Å². The molecule has 2 N–H and O–H groups in total. The normalized spacial score (nSPS) is 10.7. The molecular weight excluding hydrogens is 380 g/mol. The van der Waals surface area contributed by atoms with Gasteiger partial charge in [0.25, 0.3) is 5.56 Å². The number of nitrogens with one attached hydrogen (secondary N) is 2. The Bertz CT molecular complexity index is 1170. The Morgan fingerprint density at radius 3 is 2.90 bits per heavy atom. The predicted octanol–water partition coefficient (Wildman–Crippen LogP) is 3.07. The zero-order chi connectivity index (χ0) is 20.8. The van der Waals surface area contributed by atoms with Gasteiger partial charge in [-0.2, -0.15) is 0 Å². The summed E-state index contributed by atoms with van der Waals surface area (Å²) in [6.07, 6.45) is 8.22. The van der Waals surface area contributed by atoms with E-state index >= 15 is 0 Å². The van der Waals surface area contributed by atoms with Crippen molar-refractivity contribution < 1.29 is 4.74 Å². The largest absolute Gasteiger partial charge is 0.496 e. The van der Waals surface area contributed by atoms with Crippen LogP contribution in [0.5, 0.6) is 5.75 Å². The number of rotatable bonds is 8. The summed E-state index contributed by atoms with van der Waals surface area (Å²) in [6.45, 7) is 0.731. The zero-order valence-corrected chi connectivity index (χ0v) is 16.6. The standard InChI is InChI=1S/C22H22N6O2/c1-30-19-9-3-2-6-16(19)7-5-11-24-20-12-21(26-15-25-20)28-22(29)18(14-27-28)17-8-4-10-23-13-17/h2-4,6,8-10,12-15,27H,5,7,11H2,1H3,(H,24,25,26). The van der Waals surface area contributed by atoms with Crippen molar-refractivity contribution in [2.45, 2.75) is 12.8 Å². The number of aryl methyl sites for hydroxylation is 1. The molecule has 0 aliphatic rings. The van der Waals surface area contributed by atoms with Crippen molar-refractivity contribution >= 4 is 5.82 Å². The van der Waals surface area contributed by atoms with Gasteiger partial charge in [0, 0.05) is 36.8 Å². The number of ether oxygens (including phenoxy) is 1. The fourth-order valence-electron chi connectivity index (χ4n) is 3.24. The van der Waals surface area contributed by atoms with E-state index in [1.165, 1.54) is 16.6 Å². The number of hydrogen-bond donors (Lipinski definition) is 2. The van der Waals surface area contributed by atoms with Crippen LogP contribution in [0.4, 0.5) is 5.82 Å². The highest BCUT2D eigenvalue weighted by Crippen LogP contribution is 2.19. The van der Waals surface area contributed by atoms with Gasteiger partial charge in [0.15, 0.2) is 5.82 Å². The van der Waals surface area contributed by atoms with Gasteiger partial charge in [-0.15, -0.1) is 0 Å². The monoisotopic (exact) mass is 402 g/mol. The van der Waals surface area contributed by atoms with Crippen molar-refractivity contribution in [1.29, 1.82) is 0 Å². The number of nitrogens with zero attached hydrogens (tertiary/aromatic N) is 4. The molecule has 4 rings (SSSR count). The number of para-hydroxylation sites is 1. The summed E-state index contributed by atoms with van der Waals surface area (Å²) in [6, 6.07) is 13.4. The molecule has 3 heterocycles. The average Bonchev–Trinajstić information content (AvgIpc) is 3.19. The minimum atomic E-state index is -0.191. The number of aromatic amines is 1. The smallest absolute Gasteiger partial charge is 0.280 e. The highest BCUT2D eigenvalue weighted by Gasteiger charge is 2.11. The van der Waals surface area contributed by atoms with Crippen LogP contribution in [-0.4, -0.2) is 38.4 Å². The molecule has 0 unspecified atom stereocenters. The Morgan fingerprint density at radius 2 is 2.07 bits per heavy atom. The molecule has 4 aromatic rings. The van der Waals surface area contributed by atoms with Gasteiger partial charge in [-0.1, -0.05) is 24.3 Å². The van der Waals surface area contributed by atoms with Gasteiger partial charge in [0.2, 0.25) is 0 Å². The van der Waals surface area contributed by atoms with Crippen LogP contribution in [0.25, 0.3) is 16.9 Å². The molecule has 0 radical (unpaired) electrons. The van der Waals surface area contributed by atoms with Crippen molar-refractivity contribution in [3.05, 3.63) is 83.3 Å².